The maximum Gasteiger partial charge on any atom is 0.365 e. The van der Waals surface area contributed by atoms with Crippen LogP contribution >= 0.6 is 11.6 Å². The highest BCUT2D eigenvalue weighted by Gasteiger charge is 2.22. The van der Waals surface area contributed by atoms with E-state index >= 15 is 0 Å². The first-order valence-corrected chi connectivity index (χ1v) is 7.15. The van der Waals surface area contributed by atoms with Crippen LogP contribution in [0.5, 0.6) is 0 Å². The summed E-state index contributed by atoms with van der Waals surface area (Å²) in [4.78, 5) is 27.0. The van der Waals surface area contributed by atoms with Crippen molar-refractivity contribution >= 4 is 29.1 Å². The molecule has 0 bridgehead atoms. The molecule has 0 saturated heterocycles. The van der Waals surface area contributed by atoms with E-state index in [1.807, 2.05) is 0 Å². The van der Waals surface area contributed by atoms with Crippen LogP contribution in [-0.4, -0.2) is 26.5 Å². The smallest absolute Gasteiger partial charge is 0.365 e. The quantitative estimate of drug-likeness (QED) is 0.289. The van der Waals surface area contributed by atoms with Gasteiger partial charge in [0.05, 0.1) is 10.5 Å². The van der Waals surface area contributed by atoms with Crippen LogP contribution < -0.4 is 5.73 Å². The number of nitrogens with zero attached hydrogens (tertiary/aromatic N) is 4. The van der Waals surface area contributed by atoms with E-state index in [1.165, 1.54) is 23.7 Å². The van der Waals surface area contributed by atoms with Crippen LogP contribution in [0.25, 0.3) is 0 Å². The lowest BCUT2D eigenvalue weighted by Gasteiger charge is -2.03. The van der Waals surface area contributed by atoms with Gasteiger partial charge in [-0.3, -0.25) is 14.8 Å². The van der Waals surface area contributed by atoms with Gasteiger partial charge in [-0.25, -0.2) is 4.79 Å². The second-order valence-corrected chi connectivity index (χ2v) is 5.34. The number of hydrogen-bond acceptors (Lipinski definition) is 6. The Hall–Kier alpha value is -2.94. The molecule has 0 aliphatic carbocycles. The molecule has 0 amide bonds. The Bertz CT molecular complexity index is 831. The molecule has 0 aliphatic rings. The van der Waals surface area contributed by atoms with Crippen LogP contribution in [-0.2, 0) is 11.4 Å². The Morgan fingerprint density at radius 2 is 2.21 bits per heavy atom. The monoisotopic (exact) mass is 351 g/mol. The first-order valence-electron chi connectivity index (χ1n) is 6.77. The average Bonchev–Trinajstić information content (AvgIpc) is 2.79. The third-order valence-electron chi connectivity index (χ3n) is 3.14. The van der Waals surface area contributed by atoms with E-state index in [9.17, 15) is 14.9 Å². The van der Waals surface area contributed by atoms with Crippen molar-refractivity contribution in [2.75, 3.05) is 0 Å². The van der Waals surface area contributed by atoms with Crippen molar-refractivity contribution in [3.05, 3.63) is 56.4 Å². The summed E-state index contributed by atoms with van der Waals surface area (Å²) in [5.41, 5.74) is 6.42. The average molecular weight is 352 g/mol. The first kappa shape index (κ1) is 17.4. The van der Waals surface area contributed by atoms with Gasteiger partial charge < -0.3 is 10.6 Å². The predicted octanol–water partition coefficient (Wildman–Crippen LogP) is 2.19. The molecule has 24 heavy (non-hydrogen) atoms. The molecule has 10 heteroatoms. The van der Waals surface area contributed by atoms with Crippen molar-refractivity contribution in [3.8, 4) is 0 Å². The Labute approximate surface area is 141 Å². The number of aryl methyl sites for hydroxylation is 1. The van der Waals surface area contributed by atoms with E-state index in [4.69, 9.17) is 22.2 Å². The van der Waals surface area contributed by atoms with E-state index in [-0.39, 0.29) is 29.3 Å². The molecule has 9 nitrogen and oxygen atoms in total. The van der Waals surface area contributed by atoms with E-state index < -0.39 is 10.9 Å². The lowest BCUT2D eigenvalue weighted by molar-refractivity contribution is -0.386. The normalized spacial score (nSPS) is 11.4. The fourth-order valence-corrected chi connectivity index (χ4v) is 2.25. The molecule has 126 valence electrons. The summed E-state index contributed by atoms with van der Waals surface area (Å²) in [6.07, 6.45) is 0. The summed E-state index contributed by atoms with van der Waals surface area (Å²) >= 11 is 5.78. The predicted molar refractivity (Wildman–Crippen MR) is 86.8 cm³/mol. The zero-order valence-corrected chi connectivity index (χ0v) is 13.6. The number of carbonyl (C=O) groups is 1. The molecule has 0 atom stereocenters. The van der Waals surface area contributed by atoms with Gasteiger partial charge >= 0.3 is 11.7 Å². The molecule has 2 aromatic rings. The molecule has 1 aromatic heterocycles. The number of amidine groups is 1. The van der Waals surface area contributed by atoms with Gasteiger partial charge in [-0.2, -0.15) is 5.10 Å². The number of carbonyl (C=O) groups excluding carboxylic acids is 1. The van der Waals surface area contributed by atoms with Gasteiger partial charge in [-0.15, -0.1) is 0 Å². The molecule has 0 saturated carbocycles. The van der Waals surface area contributed by atoms with Gasteiger partial charge in [0.2, 0.25) is 0 Å². The zero-order valence-electron chi connectivity index (χ0n) is 12.9. The van der Waals surface area contributed by atoms with Crippen molar-refractivity contribution in [1.82, 2.24) is 9.78 Å². The zero-order chi connectivity index (χ0) is 17.9. The van der Waals surface area contributed by atoms with E-state index in [0.717, 1.165) is 0 Å². The molecule has 0 unspecified atom stereocenters. The van der Waals surface area contributed by atoms with Gasteiger partial charge in [0.15, 0.2) is 5.84 Å². The minimum Gasteiger partial charge on any atom is -0.383 e. The molecule has 0 spiro atoms. The van der Waals surface area contributed by atoms with E-state index in [1.54, 1.807) is 19.1 Å². The standard InChI is InChI=1S/C14H14ClN5O4/c1-8-13(20(22)23)9(2)19(17-8)7-12(16)18-24-14(21)10-4-3-5-11(15)6-10/h3-6H,7H2,1-2H3,(H2,16,18). The van der Waals surface area contributed by atoms with Crippen molar-refractivity contribution in [1.29, 1.82) is 0 Å². The second-order valence-electron chi connectivity index (χ2n) is 4.91. The van der Waals surface area contributed by atoms with E-state index in [0.29, 0.717) is 10.7 Å². The maximum atomic E-state index is 11.8. The molecule has 2 N–H and O–H groups in total. The van der Waals surface area contributed by atoms with Gasteiger partial charge in [-0.1, -0.05) is 22.8 Å². The van der Waals surface area contributed by atoms with Gasteiger partial charge in [0.25, 0.3) is 0 Å². The largest absolute Gasteiger partial charge is 0.383 e. The summed E-state index contributed by atoms with van der Waals surface area (Å²) in [6.45, 7) is 3.01. The Kier molecular flexibility index (Phi) is 5.14. The van der Waals surface area contributed by atoms with Crippen molar-refractivity contribution in [2.45, 2.75) is 20.4 Å². The Morgan fingerprint density at radius 3 is 2.79 bits per heavy atom. The maximum absolute atomic E-state index is 11.8. The van der Waals surface area contributed by atoms with E-state index in [2.05, 4.69) is 10.3 Å². The van der Waals surface area contributed by atoms with Crippen molar-refractivity contribution in [3.63, 3.8) is 0 Å². The highest BCUT2D eigenvalue weighted by atomic mass is 35.5. The number of halogens is 1. The van der Waals surface area contributed by atoms with Gasteiger partial charge in [0.1, 0.15) is 17.9 Å². The minimum absolute atomic E-state index is 0.0522. The summed E-state index contributed by atoms with van der Waals surface area (Å²) in [5, 5.41) is 18.9. The van der Waals surface area contributed by atoms with Gasteiger partial charge in [0, 0.05) is 5.02 Å². The molecule has 0 aliphatic heterocycles. The number of nitro groups is 1. The second kappa shape index (κ2) is 7.09. The number of rotatable bonds is 5. The lowest BCUT2D eigenvalue weighted by Crippen LogP contribution is -2.22. The molecule has 1 heterocycles. The number of hydrogen-bond donors (Lipinski definition) is 1. The Morgan fingerprint density at radius 1 is 1.50 bits per heavy atom. The highest BCUT2D eigenvalue weighted by Crippen LogP contribution is 2.21. The van der Waals surface area contributed by atoms with Crippen molar-refractivity contribution < 1.29 is 14.6 Å². The molecular weight excluding hydrogens is 338 g/mol. The summed E-state index contributed by atoms with van der Waals surface area (Å²) in [5.74, 6) is -0.786. The topological polar surface area (TPSA) is 126 Å². The first-order chi connectivity index (χ1) is 11.3. The lowest BCUT2D eigenvalue weighted by atomic mass is 10.2. The molecular formula is C14H14ClN5O4. The van der Waals surface area contributed by atoms with Crippen LogP contribution in [0.15, 0.2) is 29.4 Å². The molecule has 2 rings (SSSR count). The third-order valence-corrected chi connectivity index (χ3v) is 3.38. The van der Waals surface area contributed by atoms with Crippen LogP contribution in [0.1, 0.15) is 21.7 Å². The number of nitrogens with two attached hydrogens (primary N) is 1. The molecule has 0 radical (unpaired) electrons. The highest BCUT2D eigenvalue weighted by molar-refractivity contribution is 6.30. The van der Waals surface area contributed by atoms with Crippen LogP contribution in [0.2, 0.25) is 5.02 Å². The molecule has 1 aromatic carbocycles. The van der Waals surface area contributed by atoms with Crippen molar-refractivity contribution in [2.24, 2.45) is 10.9 Å². The fourth-order valence-electron chi connectivity index (χ4n) is 2.06. The summed E-state index contributed by atoms with van der Waals surface area (Å²) < 4.78 is 1.32. The SMILES string of the molecule is Cc1nn(C/C(N)=N/OC(=O)c2cccc(Cl)c2)c(C)c1[N+](=O)[O-]. The summed E-state index contributed by atoms with van der Waals surface area (Å²) in [6, 6.07) is 6.16. The minimum atomic E-state index is -0.722. The third kappa shape index (κ3) is 3.87. The molecule has 0 fully saturated rings. The van der Waals surface area contributed by atoms with Crippen LogP contribution in [0, 0.1) is 24.0 Å². The Balaban J connectivity index is 2.08. The van der Waals surface area contributed by atoms with Crippen LogP contribution in [0.4, 0.5) is 5.69 Å². The van der Waals surface area contributed by atoms with Crippen LogP contribution in [0.3, 0.4) is 0 Å². The number of aromatic nitrogens is 2. The van der Waals surface area contributed by atoms with Gasteiger partial charge in [-0.05, 0) is 32.0 Å². The number of benzene rings is 1. The fraction of sp³-hybridized carbons (Fsp3) is 0.214. The summed E-state index contributed by atoms with van der Waals surface area (Å²) in [7, 11) is 0. The number of oxime groups is 1.